The molecule has 0 spiro atoms. The van der Waals surface area contributed by atoms with Crippen LogP contribution in [0.25, 0.3) is 10.2 Å². The molecule has 0 unspecified atom stereocenters. The third kappa shape index (κ3) is 1.16. The predicted molar refractivity (Wildman–Crippen MR) is 57.3 cm³/mol. The number of hydrogen-bond acceptors (Lipinski definition) is 4. The molecule has 3 heterocycles. The molecule has 0 radical (unpaired) electrons. The molecule has 2 nitrogen and oxygen atoms in total. The first-order valence-corrected chi connectivity index (χ1v) is 6.20. The summed E-state index contributed by atoms with van der Waals surface area (Å²) in [6.07, 6.45) is 4.78. The van der Waals surface area contributed by atoms with Crippen molar-refractivity contribution in [1.29, 1.82) is 0 Å². The Morgan fingerprint density at radius 1 is 1.38 bits per heavy atom. The molecule has 0 bridgehead atoms. The van der Waals surface area contributed by atoms with Crippen molar-refractivity contribution in [2.45, 2.75) is 12.2 Å². The van der Waals surface area contributed by atoms with Gasteiger partial charge in [0.1, 0.15) is 11.2 Å². The van der Waals surface area contributed by atoms with E-state index >= 15 is 0 Å². The van der Waals surface area contributed by atoms with Gasteiger partial charge in [0.2, 0.25) is 0 Å². The Morgan fingerprint density at radius 3 is 3.38 bits per heavy atom. The molecule has 4 heteroatoms. The van der Waals surface area contributed by atoms with Gasteiger partial charge < -0.3 is 0 Å². The van der Waals surface area contributed by atoms with Crippen molar-refractivity contribution in [2.75, 3.05) is 5.75 Å². The molecule has 0 aromatic carbocycles. The molecule has 0 amide bonds. The smallest absolute Gasteiger partial charge is 0.127 e. The Labute approximate surface area is 84.4 Å². The van der Waals surface area contributed by atoms with Crippen LogP contribution in [-0.4, -0.2) is 15.7 Å². The van der Waals surface area contributed by atoms with Crippen LogP contribution in [0.5, 0.6) is 0 Å². The molecule has 66 valence electrons. The highest BCUT2D eigenvalue weighted by molar-refractivity contribution is 7.98. The summed E-state index contributed by atoms with van der Waals surface area (Å²) in [5.41, 5.74) is 1.50. The molecule has 0 saturated carbocycles. The molecule has 2 aromatic rings. The fourth-order valence-electron chi connectivity index (χ4n) is 1.66. The zero-order valence-electron chi connectivity index (χ0n) is 6.99. The highest BCUT2D eigenvalue weighted by atomic mass is 32.2. The maximum absolute atomic E-state index is 4.28. The number of thioether (sulfide) groups is 1. The molecule has 0 saturated heterocycles. The van der Waals surface area contributed by atoms with Crippen molar-refractivity contribution >= 4 is 33.3 Å². The maximum Gasteiger partial charge on any atom is 0.127 e. The van der Waals surface area contributed by atoms with Gasteiger partial charge in [-0.25, -0.2) is 9.97 Å². The van der Waals surface area contributed by atoms with E-state index in [2.05, 4.69) is 9.97 Å². The summed E-state index contributed by atoms with van der Waals surface area (Å²) >= 11 is 3.84. The van der Waals surface area contributed by atoms with E-state index in [1.54, 1.807) is 6.33 Å². The lowest BCUT2D eigenvalue weighted by molar-refractivity contribution is 1.12. The van der Waals surface area contributed by atoms with Crippen LogP contribution in [0.1, 0.15) is 10.4 Å². The second-order valence-corrected chi connectivity index (χ2v) is 5.24. The number of aryl methyl sites for hydroxylation is 1. The van der Waals surface area contributed by atoms with Crippen molar-refractivity contribution in [1.82, 2.24) is 9.97 Å². The number of aromatic nitrogens is 2. The zero-order valence-corrected chi connectivity index (χ0v) is 8.62. The Morgan fingerprint density at radius 2 is 2.38 bits per heavy atom. The first kappa shape index (κ1) is 7.76. The summed E-state index contributed by atoms with van der Waals surface area (Å²) in [6.45, 7) is 0. The molecule has 0 fully saturated rings. The highest BCUT2D eigenvalue weighted by Crippen LogP contribution is 2.36. The summed E-state index contributed by atoms with van der Waals surface area (Å²) in [7, 11) is 0. The van der Waals surface area contributed by atoms with Crippen LogP contribution in [0, 0.1) is 0 Å². The van der Waals surface area contributed by atoms with E-state index in [9.17, 15) is 0 Å². The van der Waals surface area contributed by atoms with Gasteiger partial charge in [-0.05, 0) is 17.7 Å². The Balaban J connectivity index is 2.34. The van der Waals surface area contributed by atoms with Crippen LogP contribution in [0.3, 0.4) is 0 Å². The summed E-state index contributed by atoms with van der Waals surface area (Å²) in [5.74, 6) is 2.41. The number of fused-ring (bicyclic) bond motifs is 3. The van der Waals surface area contributed by atoms with Crippen molar-refractivity contribution in [3.8, 4) is 0 Å². The molecule has 0 N–H and O–H groups in total. The average Bonchev–Trinajstić information content (AvgIpc) is 2.56. The first-order chi connectivity index (χ1) is 6.45. The Bertz CT molecular complexity index is 450. The van der Waals surface area contributed by atoms with Crippen LogP contribution >= 0.6 is 23.1 Å². The van der Waals surface area contributed by atoms with Crippen LogP contribution in [0.4, 0.5) is 0 Å². The SMILES string of the molecule is c1ncc2c3c(sc2n1)CSCC3. The van der Waals surface area contributed by atoms with E-state index in [1.807, 2.05) is 29.3 Å². The van der Waals surface area contributed by atoms with Crippen molar-refractivity contribution < 1.29 is 0 Å². The van der Waals surface area contributed by atoms with Gasteiger partial charge in [-0.15, -0.1) is 11.3 Å². The van der Waals surface area contributed by atoms with E-state index in [1.165, 1.54) is 28.0 Å². The minimum atomic E-state index is 1.16. The van der Waals surface area contributed by atoms with Crippen LogP contribution < -0.4 is 0 Å². The first-order valence-electron chi connectivity index (χ1n) is 4.23. The minimum absolute atomic E-state index is 1.16. The number of thiophene rings is 1. The zero-order chi connectivity index (χ0) is 8.67. The summed E-state index contributed by atoms with van der Waals surface area (Å²) in [6, 6.07) is 0. The lowest BCUT2D eigenvalue weighted by atomic mass is 10.1. The fourth-order valence-corrected chi connectivity index (χ4v) is 3.96. The number of hydrogen-bond donors (Lipinski definition) is 0. The van der Waals surface area contributed by atoms with Gasteiger partial charge in [-0.2, -0.15) is 11.8 Å². The Kier molecular flexibility index (Phi) is 1.77. The normalized spacial score (nSPS) is 16.0. The fraction of sp³-hybridized carbons (Fsp3) is 0.333. The minimum Gasteiger partial charge on any atom is -0.244 e. The van der Waals surface area contributed by atoms with Gasteiger partial charge in [0.05, 0.1) is 0 Å². The number of nitrogens with zero attached hydrogens (tertiary/aromatic N) is 2. The third-order valence-electron chi connectivity index (χ3n) is 2.29. The largest absolute Gasteiger partial charge is 0.244 e. The van der Waals surface area contributed by atoms with Crippen LogP contribution in [0.2, 0.25) is 0 Å². The quantitative estimate of drug-likeness (QED) is 0.665. The molecule has 0 aliphatic carbocycles. The van der Waals surface area contributed by atoms with E-state index in [-0.39, 0.29) is 0 Å². The van der Waals surface area contributed by atoms with E-state index in [4.69, 9.17) is 0 Å². The van der Waals surface area contributed by atoms with Crippen molar-refractivity contribution in [2.24, 2.45) is 0 Å². The van der Waals surface area contributed by atoms with Crippen LogP contribution in [0.15, 0.2) is 12.5 Å². The van der Waals surface area contributed by atoms with Gasteiger partial charge in [-0.3, -0.25) is 0 Å². The molecule has 1 aliphatic heterocycles. The standard InChI is InChI=1S/C9H8N2S2/c1-2-12-4-8-6(1)7-3-10-5-11-9(7)13-8/h3,5H,1-2,4H2. The highest BCUT2D eigenvalue weighted by Gasteiger charge is 2.16. The molecular weight excluding hydrogens is 200 g/mol. The Hall–Kier alpha value is -0.610. The van der Waals surface area contributed by atoms with Gasteiger partial charge in [0.15, 0.2) is 0 Å². The molecule has 1 aliphatic rings. The predicted octanol–water partition coefficient (Wildman–Crippen LogP) is 2.48. The van der Waals surface area contributed by atoms with Gasteiger partial charge in [0, 0.05) is 22.2 Å². The van der Waals surface area contributed by atoms with E-state index < -0.39 is 0 Å². The van der Waals surface area contributed by atoms with E-state index in [0.29, 0.717) is 0 Å². The van der Waals surface area contributed by atoms with Crippen molar-refractivity contribution in [3.05, 3.63) is 23.0 Å². The van der Waals surface area contributed by atoms with Gasteiger partial charge in [-0.1, -0.05) is 0 Å². The second-order valence-electron chi connectivity index (χ2n) is 3.05. The molecule has 3 rings (SSSR count). The molecular formula is C9H8N2S2. The van der Waals surface area contributed by atoms with Gasteiger partial charge >= 0.3 is 0 Å². The topological polar surface area (TPSA) is 25.8 Å². The third-order valence-corrected chi connectivity index (χ3v) is 4.61. The van der Waals surface area contributed by atoms with Gasteiger partial charge in [0.25, 0.3) is 0 Å². The average molecular weight is 208 g/mol. The summed E-state index contributed by atoms with van der Waals surface area (Å²) in [5, 5.41) is 1.28. The maximum atomic E-state index is 4.28. The number of rotatable bonds is 0. The summed E-state index contributed by atoms with van der Waals surface area (Å²) in [4.78, 5) is 11.0. The summed E-state index contributed by atoms with van der Waals surface area (Å²) < 4.78 is 0. The monoisotopic (exact) mass is 208 g/mol. The van der Waals surface area contributed by atoms with E-state index in [0.717, 1.165) is 10.6 Å². The van der Waals surface area contributed by atoms with Crippen molar-refractivity contribution in [3.63, 3.8) is 0 Å². The lowest BCUT2D eigenvalue weighted by Crippen LogP contribution is -1.97. The molecule has 0 atom stereocenters. The molecule has 13 heavy (non-hydrogen) atoms. The van der Waals surface area contributed by atoms with Crippen LogP contribution in [-0.2, 0) is 12.2 Å². The second kappa shape index (κ2) is 2.96. The molecule has 2 aromatic heterocycles. The lowest BCUT2D eigenvalue weighted by Gasteiger charge is -2.09.